The molecule has 0 atom stereocenters. The monoisotopic (exact) mass is 325 g/mol. The number of carboxylic acid groups (broad SMARTS) is 1. The minimum atomic E-state index is -0.916. The van der Waals surface area contributed by atoms with Gasteiger partial charge in [-0.2, -0.15) is 0 Å². The van der Waals surface area contributed by atoms with Gasteiger partial charge in [0.2, 0.25) is 5.16 Å². The summed E-state index contributed by atoms with van der Waals surface area (Å²) in [5.41, 5.74) is 2.25. The van der Waals surface area contributed by atoms with Gasteiger partial charge in [-0.25, -0.2) is 9.78 Å². The van der Waals surface area contributed by atoms with Gasteiger partial charge in [0, 0.05) is 12.2 Å². The van der Waals surface area contributed by atoms with E-state index in [0.29, 0.717) is 22.9 Å². The van der Waals surface area contributed by atoms with Crippen LogP contribution >= 0.6 is 11.8 Å². The lowest BCUT2D eigenvalue weighted by molar-refractivity contribution is 0.0696. The number of nitrogens with zero attached hydrogens (tertiary/aromatic N) is 2. The van der Waals surface area contributed by atoms with E-state index < -0.39 is 5.97 Å². The third-order valence-electron chi connectivity index (χ3n) is 3.33. The number of benzene rings is 2. The second-order valence-electron chi connectivity index (χ2n) is 4.98. The lowest BCUT2D eigenvalue weighted by Gasteiger charge is -2.03. The molecule has 0 unspecified atom stereocenters. The minimum absolute atomic E-state index is 0.319. The molecular formula is C17H15N3O2S. The maximum Gasteiger partial charge on any atom is 0.335 e. The molecule has 0 saturated carbocycles. The van der Waals surface area contributed by atoms with E-state index in [9.17, 15) is 9.90 Å². The van der Waals surface area contributed by atoms with Gasteiger partial charge in [0.05, 0.1) is 5.56 Å². The van der Waals surface area contributed by atoms with E-state index in [2.05, 4.69) is 15.2 Å². The van der Waals surface area contributed by atoms with Crippen LogP contribution in [0.1, 0.15) is 27.3 Å². The van der Waals surface area contributed by atoms with Crippen LogP contribution in [0, 0.1) is 0 Å². The van der Waals surface area contributed by atoms with Gasteiger partial charge in [0.1, 0.15) is 5.82 Å². The smallest absolute Gasteiger partial charge is 0.335 e. The van der Waals surface area contributed by atoms with Crippen LogP contribution in [0.3, 0.4) is 0 Å². The molecule has 0 fully saturated rings. The number of hydrogen-bond acceptors (Lipinski definition) is 4. The number of aromatic amines is 1. The zero-order valence-corrected chi connectivity index (χ0v) is 13.1. The predicted octanol–water partition coefficient (Wildman–Crippen LogP) is 3.39. The highest BCUT2D eigenvalue weighted by Crippen LogP contribution is 2.22. The van der Waals surface area contributed by atoms with Crippen molar-refractivity contribution >= 4 is 17.7 Å². The van der Waals surface area contributed by atoms with Crippen LogP contribution in [-0.4, -0.2) is 26.3 Å². The summed E-state index contributed by atoms with van der Waals surface area (Å²) in [7, 11) is 0. The van der Waals surface area contributed by atoms with Gasteiger partial charge in [-0.1, -0.05) is 60.3 Å². The van der Waals surface area contributed by atoms with Crippen molar-refractivity contribution in [1.82, 2.24) is 15.2 Å². The quantitative estimate of drug-likeness (QED) is 0.679. The molecule has 0 spiro atoms. The Bertz CT molecular complexity index is 802. The Morgan fingerprint density at radius 1 is 1.09 bits per heavy atom. The first-order valence-corrected chi connectivity index (χ1v) is 8.10. The number of aromatic nitrogens is 3. The van der Waals surface area contributed by atoms with E-state index in [0.717, 1.165) is 17.0 Å². The van der Waals surface area contributed by atoms with Crippen molar-refractivity contribution in [3.8, 4) is 0 Å². The van der Waals surface area contributed by atoms with Crippen molar-refractivity contribution < 1.29 is 9.90 Å². The molecule has 2 N–H and O–H groups in total. The van der Waals surface area contributed by atoms with E-state index in [4.69, 9.17) is 0 Å². The number of carboxylic acids is 1. The Balaban J connectivity index is 1.65. The molecule has 0 amide bonds. The summed E-state index contributed by atoms with van der Waals surface area (Å²) in [5, 5.41) is 16.9. The van der Waals surface area contributed by atoms with Gasteiger partial charge >= 0.3 is 5.97 Å². The van der Waals surface area contributed by atoms with Crippen molar-refractivity contribution in [1.29, 1.82) is 0 Å². The molecule has 3 aromatic rings. The van der Waals surface area contributed by atoms with Crippen molar-refractivity contribution in [2.75, 3.05) is 0 Å². The van der Waals surface area contributed by atoms with Crippen LogP contribution in [0.25, 0.3) is 0 Å². The standard InChI is InChI=1S/C17H15N3O2S/c21-16(22)14-9-5-4-8-13(14)11-23-17-18-15(19-20-17)10-12-6-2-1-3-7-12/h1-9H,10-11H2,(H,21,22)(H,18,19,20). The van der Waals surface area contributed by atoms with Crippen molar-refractivity contribution in [2.24, 2.45) is 0 Å². The Morgan fingerprint density at radius 3 is 2.61 bits per heavy atom. The van der Waals surface area contributed by atoms with E-state index >= 15 is 0 Å². The van der Waals surface area contributed by atoms with E-state index in [-0.39, 0.29) is 0 Å². The highest BCUT2D eigenvalue weighted by Gasteiger charge is 2.11. The molecule has 5 nitrogen and oxygen atoms in total. The molecule has 116 valence electrons. The molecule has 23 heavy (non-hydrogen) atoms. The van der Waals surface area contributed by atoms with Crippen LogP contribution in [0.15, 0.2) is 59.8 Å². The summed E-state index contributed by atoms with van der Waals surface area (Å²) in [6.07, 6.45) is 0.695. The summed E-state index contributed by atoms with van der Waals surface area (Å²) in [6, 6.07) is 17.0. The van der Waals surface area contributed by atoms with Crippen molar-refractivity contribution in [3.63, 3.8) is 0 Å². The first-order valence-electron chi connectivity index (χ1n) is 7.11. The third-order valence-corrected chi connectivity index (χ3v) is 4.23. The number of hydrogen-bond donors (Lipinski definition) is 2. The second kappa shape index (κ2) is 7.11. The fourth-order valence-corrected chi connectivity index (χ4v) is 3.03. The molecular weight excluding hydrogens is 310 g/mol. The molecule has 1 aromatic heterocycles. The van der Waals surface area contributed by atoms with E-state index in [1.54, 1.807) is 12.1 Å². The van der Waals surface area contributed by atoms with Crippen LogP contribution in [0.5, 0.6) is 0 Å². The van der Waals surface area contributed by atoms with Crippen LogP contribution < -0.4 is 0 Å². The number of H-pyrrole nitrogens is 1. The highest BCUT2D eigenvalue weighted by atomic mass is 32.2. The summed E-state index contributed by atoms with van der Waals surface area (Å²) in [5.74, 6) is 0.400. The Hall–Kier alpha value is -2.60. The minimum Gasteiger partial charge on any atom is -0.478 e. The second-order valence-corrected chi connectivity index (χ2v) is 5.92. The largest absolute Gasteiger partial charge is 0.478 e. The Labute approximate surface area is 137 Å². The molecule has 0 aliphatic rings. The van der Waals surface area contributed by atoms with Gasteiger partial charge in [-0.3, -0.25) is 5.10 Å². The van der Waals surface area contributed by atoms with Crippen LogP contribution in [0.2, 0.25) is 0 Å². The first-order chi connectivity index (χ1) is 11.2. The van der Waals surface area contributed by atoms with Crippen LogP contribution in [-0.2, 0) is 12.2 Å². The molecule has 0 aliphatic carbocycles. The van der Waals surface area contributed by atoms with Gasteiger partial charge in [0.25, 0.3) is 0 Å². The molecule has 3 rings (SSSR count). The summed E-state index contributed by atoms with van der Waals surface area (Å²) >= 11 is 1.42. The number of thioether (sulfide) groups is 1. The topological polar surface area (TPSA) is 78.9 Å². The summed E-state index contributed by atoms with van der Waals surface area (Å²) in [4.78, 5) is 15.6. The zero-order chi connectivity index (χ0) is 16.1. The lowest BCUT2D eigenvalue weighted by Crippen LogP contribution is -2.00. The van der Waals surface area contributed by atoms with Crippen molar-refractivity contribution in [3.05, 3.63) is 77.1 Å². The SMILES string of the molecule is O=C(O)c1ccccc1CSc1n[nH]c(Cc2ccccc2)n1. The van der Waals surface area contributed by atoms with Gasteiger partial charge < -0.3 is 5.11 Å². The number of rotatable bonds is 6. The summed E-state index contributed by atoms with van der Waals surface area (Å²) < 4.78 is 0. The maximum absolute atomic E-state index is 11.2. The maximum atomic E-state index is 11.2. The Kier molecular flexibility index (Phi) is 4.73. The molecule has 1 heterocycles. The number of nitrogens with one attached hydrogen (secondary N) is 1. The van der Waals surface area contributed by atoms with Gasteiger partial charge in [-0.15, -0.1) is 5.10 Å². The average Bonchev–Trinajstić information content (AvgIpc) is 3.01. The molecule has 0 radical (unpaired) electrons. The number of carbonyl (C=O) groups is 1. The van der Waals surface area contributed by atoms with Crippen LogP contribution in [0.4, 0.5) is 0 Å². The highest BCUT2D eigenvalue weighted by molar-refractivity contribution is 7.98. The third kappa shape index (κ3) is 3.98. The fourth-order valence-electron chi connectivity index (χ4n) is 2.21. The first kappa shape index (κ1) is 15.3. The molecule has 0 saturated heterocycles. The van der Waals surface area contributed by atoms with Gasteiger partial charge in [0.15, 0.2) is 0 Å². The molecule has 2 aromatic carbocycles. The summed E-state index contributed by atoms with van der Waals surface area (Å²) in [6.45, 7) is 0. The molecule has 6 heteroatoms. The van der Waals surface area contributed by atoms with E-state index in [1.165, 1.54) is 11.8 Å². The number of aromatic carboxylic acids is 1. The molecule has 0 bridgehead atoms. The van der Waals surface area contributed by atoms with Crippen molar-refractivity contribution in [2.45, 2.75) is 17.3 Å². The van der Waals surface area contributed by atoms with Gasteiger partial charge in [-0.05, 0) is 17.2 Å². The molecule has 0 aliphatic heterocycles. The lowest BCUT2D eigenvalue weighted by atomic mass is 10.1. The normalized spacial score (nSPS) is 10.6. The fraction of sp³-hybridized carbons (Fsp3) is 0.118. The van der Waals surface area contributed by atoms with E-state index in [1.807, 2.05) is 42.5 Å². The zero-order valence-electron chi connectivity index (χ0n) is 12.3. The Morgan fingerprint density at radius 2 is 1.83 bits per heavy atom. The average molecular weight is 325 g/mol. The predicted molar refractivity (Wildman–Crippen MR) is 88.6 cm³/mol.